The van der Waals surface area contributed by atoms with E-state index in [2.05, 4.69) is 0 Å². The quantitative estimate of drug-likeness (QED) is 0.478. The largest absolute Gasteiger partial charge is 0.388 e. The predicted octanol–water partition coefficient (Wildman–Crippen LogP) is 0.156. The molecule has 7 heavy (non-hydrogen) atoms. The molecule has 1 N–H and O–H groups in total. The number of epoxide rings is 1. The molecule has 1 rings (SSSR count). The standard InChI is InChI=1S/C5H10O2/c1-5(2,6)4-3-7-4/h4,6H,3H2,1-2H3. The minimum Gasteiger partial charge on any atom is -0.388 e. The Morgan fingerprint density at radius 1 is 1.71 bits per heavy atom. The first-order valence-corrected chi connectivity index (χ1v) is 2.44. The average Bonchev–Trinajstić information content (AvgIpc) is 1.99. The molecule has 0 aromatic carbocycles. The summed E-state index contributed by atoms with van der Waals surface area (Å²) in [6.07, 6.45) is 0.104. The fraction of sp³-hybridized carbons (Fsp3) is 1.00. The summed E-state index contributed by atoms with van der Waals surface area (Å²) in [6, 6.07) is 0. The Labute approximate surface area is 43.1 Å². The summed E-state index contributed by atoms with van der Waals surface area (Å²) < 4.78 is 4.82. The molecule has 0 saturated carbocycles. The second-order valence-electron chi connectivity index (χ2n) is 2.48. The summed E-state index contributed by atoms with van der Waals surface area (Å²) in [7, 11) is 0. The highest BCUT2D eigenvalue weighted by Gasteiger charge is 2.37. The van der Waals surface area contributed by atoms with Crippen LogP contribution in [0.15, 0.2) is 0 Å². The van der Waals surface area contributed by atoms with Gasteiger partial charge in [-0.2, -0.15) is 0 Å². The molecular weight excluding hydrogens is 92.1 g/mol. The van der Waals surface area contributed by atoms with Crippen molar-refractivity contribution in [2.24, 2.45) is 0 Å². The van der Waals surface area contributed by atoms with Gasteiger partial charge in [0.25, 0.3) is 0 Å². The van der Waals surface area contributed by atoms with Crippen LogP contribution in [0.4, 0.5) is 0 Å². The maximum absolute atomic E-state index is 9.03. The first-order valence-electron chi connectivity index (χ1n) is 2.44. The molecule has 1 saturated heterocycles. The minimum atomic E-state index is -0.611. The van der Waals surface area contributed by atoms with Gasteiger partial charge >= 0.3 is 0 Å². The normalized spacial score (nSPS) is 30.4. The molecule has 0 aromatic rings. The average molecular weight is 102 g/mol. The van der Waals surface area contributed by atoms with E-state index in [1.54, 1.807) is 13.8 Å². The summed E-state index contributed by atoms with van der Waals surface area (Å²) in [5, 5.41) is 9.03. The van der Waals surface area contributed by atoms with Crippen LogP contribution in [0.3, 0.4) is 0 Å². The van der Waals surface area contributed by atoms with Crippen LogP contribution in [0.25, 0.3) is 0 Å². The molecule has 1 aliphatic rings. The highest BCUT2D eigenvalue weighted by Crippen LogP contribution is 2.22. The van der Waals surface area contributed by atoms with Crippen molar-refractivity contribution in [2.75, 3.05) is 6.61 Å². The van der Waals surface area contributed by atoms with Crippen LogP contribution in [-0.4, -0.2) is 23.4 Å². The molecule has 0 aliphatic carbocycles. The van der Waals surface area contributed by atoms with Gasteiger partial charge in [0.2, 0.25) is 0 Å². The Kier molecular flexibility index (Phi) is 0.869. The number of hydrogen-bond acceptors (Lipinski definition) is 2. The molecule has 1 aliphatic heterocycles. The van der Waals surface area contributed by atoms with Gasteiger partial charge in [0, 0.05) is 0 Å². The zero-order valence-electron chi connectivity index (χ0n) is 4.64. The number of rotatable bonds is 1. The topological polar surface area (TPSA) is 32.8 Å². The third-order valence-electron chi connectivity index (χ3n) is 1.12. The highest BCUT2D eigenvalue weighted by atomic mass is 16.6. The van der Waals surface area contributed by atoms with Crippen molar-refractivity contribution in [1.29, 1.82) is 0 Å². The molecule has 2 nitrogen and oxygen atoms in total. The van der Waals surface area contributed by atoms with Gasteiger partial charge in [-0.1, -0.05) is 0 Å². The van der Waals surface area contributed by atoms with Gasteiger partial charge in [-0.15, -0.1) is 0 Å². The van der Waals surface area contributed by atoms with Crippen LogP contribution in [-0.2, 0) is 4.74 Å². The fourth-order valence-corrected chi connectivity index (χ4v) is 0.456. The van der Waals surface area contributed by atoms with Crippen molar-refractivity contribution in [3.63, 3.8) is 0 Å². The Morgan fingerprint density at radius 3 is 2.14 bits per heavy atom. The van der Waals surface area contributed by atoms with Crippen molar-refractivity contribution in [3.05, 3.63) is 0 Å². The second-order valence-corrected chi connectivity index (χ2v) is 2.48. The number of aliphatic hydroxyl groups is 1. The zero-order chi connectivity index (χ0) is 5.49. The lowest BCUT2D eigenvalue weighted by Gasteiger charge is -2.11. The van der Waals surface area contributed by atoms with Crippen LogP contribution in [0.2, 0.25) is 0 Å². The van der Waals surface area contributed by atoms with Crippen LogP contribution >= 0.6 is 0 Å². The van der Waals surface area contributed by atoms with Crippen molar-refractivity contribution in [1.82, 2.24) is 0 Å². The molecule has 2 heteroatoms. The van der Waals surface area contributed by atoms with E-state index in [9.17, 15) is 0 Å². The first-order chi connectivity index (χ1) is 3.11. The SMILES string of the molecule is CC(C)(O)C1CO1. The monoisotopic (exact) mass is 102 g/mol. The van der Waals surface area contributed by atoms with E-state index < -0.39 is 5.60 Å². The van der Waals surface area contributed by atoms with E-state index in [-0.39, 0.29) is 6.10 Å². The molecule has 42 valence electrons. The summed E-state index contributed by atoms with van der Waals surface area (Å²) >= 11 is 0. The van der Waals surface area contributed by atoms with Crippen molar-refractivity contribution >= 4 is 0 Å². The summed E-state index contributed by atoms with van der Waals surface area (Å²) in [5.74, 6) is 0. The van der Waals surface area contributed by atoms with E-state index in [0.717, 1.165) is 6.61 Å². The van der Waals surface area contributed by atoms with E-state index in [4.69, 9.17) is 9.84 Å². The van der Waals surface area contributed by atoms with Crippen LogP contribution in [0.1, 0.15) is 13.8 Å². The minimum absolute atomic E-state index is 0.104. The molecule has 0 aromatic heterocycles. The lowest BCUT2D eigenvalue weighted by Crippen LogP contribution is -2.25. The lowest BCUT2D eigenvalue weighted by molar-refractivity contribution is 0.0482. The van der Waals surface area contributed by atoms with Crippen LogP contribution < -0.4 is 0 Å². The smallest absolute Gasteiger partial charge is 0.109 e. The Morgan fingerprint density at radius 2 is 2.14 bits per heavy atom. The van der Waals surface area contributed by atoms with Crippen LogP contribution in [0, 0.1) is 0 Å². The first kappa shape index (κ1) is 5.06. The van der Waals surface area contributed by atoms with Crippen molar-refractivity contribution in [3.8, 4) is 0 Å². The molecule has 1 heterocycles. The van der Waals surface area contributed by atoms with Crippen molar-refractivity contribution < 1.29 is 9.84 Å². The van der Waals surface area contributed by atoms with Gasteiger partial charge in [-0.05, 0) is 13.8 Å². The number of hydrogen-bond donors (Lipinski definition) is 1. The molecule has 1 unspecified atom stereocenters. The zero-order valence-corrected chi connectivity index (χ0v) is 4.64. The summed E-state index contributed by atoms with van der Waals surface area (Å²) in [6.45, 7) is 4.23. The Balaban J connectivity index is 2.36. The maximum Gasteiger partial charge on any atom is 0.109 e. The Hall–Kier alpha value is -0.0800. The molecule has 1 atom stereocenters. The van der Waals surface area contributed by atoms with E-state index >= 15 is 0 Å². The molecule has 0 bridgehead atoms. The van der Waals surface area contributed by atoms with Gasteiger partial charge in [0.15, 0.2) is 0 Å². The number of ether oxygens (including phenoxy) is 1. The fourth-order valence-electron chi connectivity index (χ4n) is 0.456. The van der Waals surface area contributed by atoms with Gasteiger partial charge in [-0.3, -0.25) is 0 Å². The van der Waals surface area contributed by atoms with Gasteiger partial charge < -0.3 is 9.84 Å². The van der Waals surface area contributed by atoms with E-state index in [1.807, 2.05) is 0 Å². The van der Waals surface area contributed by atoms with Gasteiger partial charge in [0.1, 0.15) is 6.10 Å². The highest BCUT2D eigenvalue weighted by molar-refractivity contribution is 4.85. The van der Waals surface area contributed by atoms with Gasteiger partial charge in [0.05, 0.1) is 12.2 Å². The molecule has 0 radical (unpaired) electrons. The molecule has 1 fully saturated rings. The molecule has 0 amide bonds. The lowest BCUT2D eigenvalue weighted by atomic mass is 10.1. The van der Waals surface area contributed by atoms with E-state index in [0.29, 0.717) is 0 Å². The third kappa shape index (κ3) is 1.14. The van der Waals surface area contributed by atoms with Crippen LogP contribution in [0.5, 0.6) is 0 Å². The summed E-state index contributed by atoms with van der Waals surface area (Å²) in [4.78, 5) is 0. The molecular formula is C5H10O2. The predicted molar refractivity (Wildman–Crippen MR) is 26.0 cm³/mol. The second kappa shape index (κ2) is 1.20. The summed E-state index contributed by atoms with van der Waals surface area (Å²) in [5.41, 5.74) is -0.611. The Bertz CT molecular complexity index is 68.6. The van der Waals surface area contributed by atoms with E-state index in [1.165, 1.54) is 0 Å². The maximum atomic E-state index is 9.03. The van der Waals surface area contributed by atoms with Gasteiger partial charge in [-0.25, -0.2) is 0 Å². The molecule has 0 spiro atoms. The van der Waals surface area contributed by atoms with Crippen molar-refractivity contribution in [2.45, 2.75) is 25.6 Å². The third-order valence-corrected chi connectivity index (χ3v) is 1.12.